The Morgan fingerprint density at radius 2 is 1.75 bits per heavy atom. The summed E-state index contributed by atoms with van der Waals surface area (Å²) in [5.74, 6) is 0.0273. The minimum atomic E-state index is -0.313. The van der Waals surface area contributed by atoms with Crippen molar-refractivity contribution in [1.29, 1.82) is 0 Å². The lowest BCUT2D eigenvalue weighted by molar-refractivity contribution is -0.116. The van der Waals surface area contributed by atoms with Crippen LogP contribution in [0.3, 0.4) is 0 Å². The van der Waals surface area contributed by atoms with E-state index >= 15 is 0 Å². The normalized spacial score (nSPS) is 11.3. The van der Waals surface area contributed by atoms with Gasteiger partial charge in [0.05, 0.1) is 11.3 Å². The van der Waals surface area contributed by atoms with E-state index in [4.69, 9.17) is 0 Å². The highest BCUT2D eigenvalue weighted by Crippen LogP contribution is 2.17. The number of carbonyl (C=O) groups excluding carboxylic acids is 2. The van der Waals surface area contributed by atoms with Crippen molar-refractivity contribution in [3.8, 4) is 0 Å². The van der Waals surface area contributed by atoms with Crippen LogP contribution in [0.25, 0.3) is 0 Å². The van der Waals surface area contributed by atoms with Crippen LogP contribution in [0.1, 0.15) is 51.4 Å². The second kappa shape index (κ2) is 6.55. The quantitative estimate of drug-likeness (QED) is 0.887. The zero-order chi connectivity index (χ0) is 15.3. The van der Waals surface area contributed by atoms with Crippen molar-refractivity contribution in [2.75, 3.05) is 5.32 Å². The summed E-state index contributed by atoms with van der Waals surface area (Å²) in [6, 6.07) is 7.05. The number of hydrogen-bond acceptors (Lipinski definition) is 2. The molecule has 0 radical (unpaired) electrons. The van der Waals surface area contributed by atoms with Crippen LogP contribution in [-0.2, 0) is 4.79 Å². The Labute approximate surface area is 121 Å². The van der Waals surface area contributed by atoms with Crippen LogP contribution in [0.2, 0.25) is 0 Å². The fourth-order valence-electron chi connectivity index (χ4n) is 1.77. The monoisotopic (exact) mass is 276 g/mol. The van der Waals surface area contributed by atoms with Crippen molar-refractivity contribution < 1.29 is 9.59 Å². The number of rotatable bonds is 4. The average molecular weight is 276 g/mol. The highest BCUT2D eigenvalue weighted by molar-refractivity contribution is 6.03. The zero-order valence-corrected chi connectivity index (χ0v) is 12.9. The maximum Gasteiger partial charge on any atom is 0.253 e. The lowest BCUT2D eigenvalue weighted by Crippen LogP contribution is -2.40. The van der Waals surface area contributed by atoms with Gasteiger partial charge < -0.3 is 10.6 Å². The SMILES string of the molecule is CC(C)CC(=O)Nc1ccccc1C(=O)NC(C)(C)C. The molecule has 1 rings (SSSR count). The standard InChI is InChI=1S/C16H24N2O2/c1-11(2)10-14(19)17-13-9-7-6-8-12(13)15(20)18-16(3,4)5/h6-9,11H,10H2,1-5H3,(H,17,19)(H,18,20). The van der Waals surface area contributed by atoms with Gasteiger partial charge in [-0.25, -0.2) is 0 Å². The van der Waals surface area contributed by atoms with Gasteiger partial charge in [0.15, 0.2) is 0 Å². The summed E-state index contributed by atoms with van der Waals surface area (Å²) in [5.41, 5.74) is 0.728. The van der Waals surface area contributed by atoms with Crippen molar-refractivity contribution in [3.63, 3.8) is 0 Å². The molecule has 0 unspecified atom stereocenters. The molecule has 0 atom stereocenters. The Balaban J connectivity index is 2.88. The second-order valence-corrected chi connectivity index (χ2v) is 6.40. The Morgan fingerprint density at radius 3 is 2.30 bits per heavy atom. The molecule has 4 nitrogen and oxygen atoms in total. The molecule has 0 aliphatic heterocycles. The summed E-state index contributed by atoms with van der Waals surface area (Å²) in [6.45, 7) is 9.73. The molecule has 110 valence electrons. The van der Waals surface area contributed by atoms with E-state index in [0.717, 1.165) is 0 Å². The van der Waals surface area contributed by atoms with Gasteiger partial charge in [-0.3, -0.25) is 9.59 Å². The van der Waals surface area contributed by atoms with E-state index in [1.54, 1.807) is 24.3 Å². The maximum atomic E-state index is 12.2. The van der Waals surface area contributed by atoms with Crippen molar-refractivity contribution in [3.05, 3.63) is 29.8 Å². The fourth-order valence-corrected chi connectivity index (χ4v) is 1.77. The molecule has 0 fully saturated rings. The Bertz CT molecular complexity index is 487. The van der Waals surface area contributed by atoms with Gasteiger partial charge >= 0.3 is 0 Å². The van der Waals surface area contributed by atoms with E-state index < -0.39 is 0 Å². The molecule has 0 spiro atoms. The van der Waals surface area contributed by atoms with Crippen molar-refractivity contribution in [1.82, 2.24) is 5.32 Å². The van der Waals surface area contributed by atoms with Crippen LogP contribution in [0.5, 0.6) is 0 Å². The Hall–Kier alpha value is -1.84. The van der Waals surface area contributed by atoms with Crippen LogP contribution in [0.15, 0.2) is 24.3 Å². The van der Waals surface area contributed by atoms with Crippen LogP contribution < -0.4 is 10.6 Å². The molecule has 0 aromatic heterocycles. The predicted molar refractivity (Wildman–Crippen MR) is 81.7 cm³/mol. The van der Waals surface area contributed by atoms with E-state index in [1.165, 1.54) is 0 Å². The van der Waals surface area contributed by atoms with Crippen LogP contribution in [-0.4, -0.2) is 17.4 Å². The highest BCUT2D eigenvalue weighted by atomic mass is 16.2. The minimum absolute atomic E-state index is 0.0731. The third-order valence-electron chi connectivity index (χ3n) is 2.53. The number of anilines is 1. The molecule has 0 heterocycles. The second-order valence-electron chi connectivity index (χ2n) is 6.40. The molecule has 0 saturated heterocycles. The topological polar surface area (TPSA) is 58.2 Å². The maximum absolute atomic E-state index is 12.2. The first kappa shape index (κ1) is 16.2. The van der Waals surface area contributed by atoms with Crippen molar-refractivity contribution >= 4 is 17.5 Å². The first-order valence-corrected chi connectivity index (χ1v) is 6.90. The van der Waals surface area contributed by atoms with E-state index in [2.05, 4.69) is 10.6 Å². The van der Waals surface area contributed by atoms with Gasteiger partial charge in [-0.2, -0.15) is 0 Å². The van der Waals surface area contributed by atoms with Gasteiger partial charge in [0.25, 0.3) is 5.91 Å². The summed E-state index contributed by atoms with van der Waals surface area (Å²) < 4.78 is 0. The van der Waals surface area contributed by atoms with Crippen LogP contribution in [0.4, 0.5) is 5.69 Å². The highest BCUT2D eigenvalue weighted by Gasteiger charge is 2.18. The fraction of sp³-hybridized carbons (Fsp3) is 0.500. The molecule has 2 amide bonds. The smallest absolute Gasteiger partial charge is 0.253 e. The molecule has 0 aliphatic carbocycles. The summed E-state index contributed by atoms with van der Waals surface area (Å²) in [7, 11) is 0. The van der Waals surface area contributed by atoms with Crippen LogP contribution in [0, 0.1) is 5.92 Å². The number of hydrogen-bond donors (Lipinski definition) is 2. The molecule has 0 aliphatic rings. The van der Waals surface area contributed by atoms with E-state index in [0.29, 0.717) is 17.7 Å². The van der Waals surface area contributed by atoms with Crippen molar-refractivity contribution in [2.24, 2.45) is 5.92 Å². The number of amides is 2. The van der Waals surface area contributed by atoms with E-state index in [1.807, 2.05) is 34.6 Å². The lowest BCUT2D eigenvalue weighted by Gasteiger charge is -2.21. The van der Waals surface area contributed by atoms with Crippen LogP contribution >= 0.6 is 0 Å². The van der Waals surface area contributed by atoms with Gasteiger partial charge in [0.1, 0.15) is 0 Å². The Morgan fingerprint density at radius 1 is 1.15 bits per heavy atom. The predicted octanol–water partition coefficient (Wildman–Crippen LogP) is 3.20. The molecule has 4 heteroatoms. The number of benzene rings is 1. The molecule has 1 aromatic rings. The van der Waals surface area contributed by atoms with Gasteiger partial charge in [0.2, 0.25) is 5.91 Å². The minimum Gasteiger partial charge on any atom is -0.347 e. The molecule has 1 aromatic carbocycles. The third kappa shape index (κ3) is 5.43. The summed E-state index contributed by atoms with van der Waals surface area (Å²) in [6.07, 6.45) is 0.440. The molecular weight excluding hydrogens is 252 g/mol. The Kier molecular flexibility index (Phi) is 5.31. The largest absolute Gasteiger partial charge is 0.347 e. The van der Waals surface area contributed by atoms with Crippen molar-refractivity contribution in [2.45, 2.75) is 46.6 Å². The zero-order valence-electron chi connectivity index (χ0n) is 12.9. The first-order chi connectivity index (χ1) is 9.19. The summed E-state index contributed by atoms with van der Waals surface area (Å²) >= 11 is 0. The van der Waals surface area contributed by atoms with Gasteiger partial charge in [-0.15, -0.1) is 0 Å². The first-order valence-electron chi connectivity index (χ1n) is 6.90. The van der Waals surface area contributed by atoms with E-state index in [9.17, 15) is 9.59 Å². The molecule has 0 saturated carbocycles. The average Bonchev–Trinajstić information content (AvgIpc) is 2.25. The molecule has 0 bridgehead atoms. The van der Waals surface area contributed by atoms with E-state index in [-0.39, 0.29) is 23.3 Å². The number of nitrogens with one attached hydrogen (secondary N) is 2. The molecule has 2 N–H and O–H groups in total. The lowest BCUT2D eigenvalue weighted by atomic mass is 10.1. The number of carbonyl (C=O) groups is 2. The molecular formula is C16H24N2O2. The summed E-state index contributed by atoms with van der Waals surface area (Å²) in [4.78, 5) is 24.1. The van der Waals surface area contributed by atoms with Gasteiger partial charge in [0, 0.05) is 12.0 Å². The number of para-hydroxylation sites is 1. The molecule has 20 heavy (non-hydrogen) atoms. The van der Waals surface area contributed by atoms with Gasteiger partial charge in [-0.05, 0) is 38.8 Å². The van der Waals surface area contributed by atoms with Gasteiger partial charge in [-0.1, -0.05) is 26.0 Å². The third-order valence-corrected chi connectivity index (χ3v) is 2.53. The summed E-state index contributed by atoms with van der Waals surface area (Å²) in [5, 5.41) is 5.71.